The van der Waals surface area contributed by atoms with Gasteiger partial charge in [0.2, 0.25) is 5.89 Å². The maximum Gasteiger partial charge on any atom is 0.281 e. The van der Waals surface area contributed by atoms with Gasteiger partial charge in [-0.1, -0.05) is 25.1 Å². The van der Waals surface area contributed by atoms with E-state index in [2.05, 4.69) is 15.2 Å². The Morgan fingerprint density at radius 2 is 2.23 bits per heavy atom. The molecule has 1 aromatic carbocycles. The average molecular weight is 314 g/mol. The largest absolute Gasteiger partial charge is 0.544 e. The molecule has 2 heterocycles. The van der Waals surface area contributed by atoms with Crippen LogP contribution < -0.4 is 5.11 Å². The first-order valence-electron chi connectivity index (χ1n) is 6.66. The van der Waals surface area contributed by atoms with E-state index in [1.807, 2.05) is 31.2 Å². The molecule has 0 amide bonds. The Balaban J connectivity index is 1.94. The SMILES string of the molecule is CCc1nnc(S/C(=C/c2c[nH]c3ccccc23)C(=O)[O-])o1. The molecule has 112 valence electrons. The molecular weight excluding hydrogens is 302 g/mol. The zero-order chi connectivity index (χ0) is 15.5. The molecule has 0 saturated carbocycles. The second-order valence-corrected chi connectivity index (χ2v) is 5.50. The minimum absolute atomic E-state index is 0.0102. The molecular formula is C15H12N3O3S-. The number of H-pyrrole nitrogens is 1. The zero-order valence-electron chi connectivity index (χ0n) is 11.7. The molecule has 0 unspecified atom stereocenters. The number of aromatic nitrogens is 3. The van der Waals surface area contributed by atoms with Crippen LogP contribution in [-0.2, 0) is 11.2 Å². The molecule has 2 aromatic heterocycles. The highest BCUT2D eigenvalue weighted by Gasteiger charge is 2.11. The Hall–Kier alpha value is -2.54. The lowest BCUT2D eigenvalue weighted by atomic mass is 10.1. The van der Waals surface area contributed by atoms with Gasteiger partial charge in [-0.2, -0.15) is 0 Å². The number of nitrogens with zero attached hydrogens (tertiary/aromatic N) is 2. The van der Waals surface area contributed by atoms with Crippen molar-refractivity contribution < 1.29 is 14.3 Å². The van der Waals surface area contributed by atoms with Gasteiger partial charge in [0, 0.05) is 34.0 Å². The van der Waals surface area contributed by atoms with Gasteiger partial charge in [0.05, 0.1) is 5.97 Å². The smallest absolute Gasteiger partial charge is 0.281 e. The Kier molecular flexibility index (Phi) is 3.97. The summed E-state index contributed by atoms with van der Waals surface area (Å²) in [4.78, 5) is 14.4. The van der Waals surface area contributed by atoms with Gasteiger partial charge in [-0.05, 0) is 23.9 Å². The number of nitrogens with one attached hydrogen (secondary N) is 1. The molecule has 3 aromatic rings. The van der Waals surface area contributed by atoms with Crippen molar-refractivity contribution in [2.45, 2.75) is 18.6 Å². The highest BCUT2D eigenvalue weighted by Crippen LogP contribution is 2.29. The summed E-state index contributed by atoms with van der Waals surface area (Å²) in [5.41, 5.74) is 1.69. The Morgan fingerprint density at radius 3 is 2.95 bits per heavy atom. The minimum Gasteiger partial charge on any atom is -0.544 e. The van der Waals surface area contributed by atoms with Crippen molar-refractivity contribution in [3.63, 3.8) is 0 Å². The number of carboxylic acid groups (broad SMARTS) is 1. The van der Waals surface area contributed by atoms with Gasteiger partial charge < -0.3 is 19.3 Å². The first-order chi connectivity index (χ1) is 10.7. The van der Waals surface area contributed by atoms with Crippen molar-refractivity contribution in [3.05, 3.63) is 46.8 Å². The van der Waals surface area contributed by atoms with Crippen molar-refractivity contribution >= 4 is 34.7 Å². The second-order valence-electron chi connectivity index (χ2n) is 4.50. The van der Waals surface area contributed by atoms with Crippen LogP contribution in [0.2, 0.25) is 0 Å². The van der Waals surface area contributed by atoms with E-state index in [0.29, 0.717) is 12.3 Å². The number of carboxylic acids is 1. The number of hydrogen-bond acceptors (Lipinski definition) is 6. The average Bonchev–Trinajstić information content (AvgIpc) is 3.14. The lowest BCUT2D eigenvalue weighted by Crippen LogP contribution is -2.22. The lowest BCUT2D eigenvalue weighted by Gasteiger charge is -2.04. The van der Waals surface area contributed by atoms with Crippen molar-refractivity contribution in [2.75, 3.05) is 0 Å². The lowest BCUT2D eigenvalue weighted by molar-refractivity contribution is -0.298. The van der Waals surface area contributed by atoms with Gasteiger partial charge in [-0.3, -0.25) is 0 Å². The van der Waals surface area contributed by atoms with E-state index in [0.717, 1.165) is 28.2 Å². The summed E-state index contributed by atoms with van der Waals surface area (Å²) < 4.78 is 5.32. The van der Waals surface area contributed by atoms with Gasteiger partial charge in [0.25, 0.3) is 5.22 Å². The van der Waals surface area contributed by atoms with E-state index < -0.39 is 5.97 Å². The summed E-state index contributed by atoms with van der Waals surface area (Å²) in [7, 11) is 0. The third kappa shape index (κ3) is 2.89. The van der Waals surface area contributed by atoms with Crippen LogP contribution in [0.25, 0.3) is 17.0 Å². The quantitative estimate of drug-likeness (QED) is 0.571. The van der Waals surface area contributed by atoms with Gasteiger partial charge in [0.1, 0.15) is 0 Å². The first-order valence-corrected chi connectivity index (χ1v) is 7.48. The number of thioether (sulfide) groups is 1. The molecule has 6 nitrogen and oxygen atoms in total. The molecule has 0 bridgehead atoms. The van der Waals surface area contributed by atoms with Crippen molar-refractivity contribution in [1.82, 2.24) is 15.2 Å². The van der Waals surface area contributed by atoms with Crippen molar-refractivity contribution in [1.29, 1.82) is 0 Å². The predicted octanol–water partition coefficient (Wildman–Crippen LogP) is 2.00. The van der Waals surface area contributed by atoms with E-state index in [9.17, 15) is 9.90 Å². The molecule has 0 aliphatic carbocycles. The van der Waals surface area contributed by atoms with E-state index in [1.54, 1.807) is 6.20 Å². The Bertz CT molecular complexity index is 850. The monoisotopic (exact) mass is 314 g/mol. The minimum atomic E-state index is -1.29. The predicted molar refractivity (Wildman–Crippen MR) is 80.8 cm³/mol. The van der Waals surface area contributed by atoms with Gasteiger partial charge in [0.15, 0.2) is 0 Å². The molecule has 0 radical (unpaired) electrons. The highest BCUT2D eigenvalue weighted by atomic mass is 32.2. The van der Waals surface area contributed by atoms with Crippen LogP contribution in [0.1, 0.15) is 18.4 Å². The third-order valence-electron chi connectivity index (χ3n) is 3.06. The molecule has 7 heteroatoms. The first kappa shape index (κ1) is 14.4. The van der Waals surface area contributed by atoms with Crippen molar-refractivity contribution in [2.24, 2.45) is 0 Å². The van der Waals surface area contributed by atoms with Crippen LogP contribution in [0.15, 0.2) is 45.0 Å². The fourth-order valence-electron chi connectivity index (χ4n) is 2.00. The molecule has 0 atom stereocenters. The van der Waals surface area contributed by atoms with Gasteiger partial charge in [-0.15, -0.1) is 10.2 Å². The van der Waals surface area contributed by atoms with Crippen LogP contribution in [0.3, 0.4) is 0 Å². The number of benzene rings is 1. The highest BCUT2D eigenvalue weighted by molar-refractivity contribution is 8.03. The van der Waals surface area contributed by atoms with E-state index in [4.69, 9.17) is 4.42 Å². The number of rotatable bonds is 5. The summed E-state index contributed by atoms with van der Waals surface area (Å²) in [6, 6.07) is 7.64. The standard InChI is InChI=1S/C15H13N3O3S/c1-2-13-17-18-15(21-13)22-12(14(19)20)7-9-8-16-11-6-4-3-5-10(9)11/h3-8,16H,2H2,1H3,(H,19,20)/p-1/b12-7+. The maximum absolute atomic E-state index is 11.3. The molecule has 1 N–H and O–H groups in total. The van der Waals surface area contributed by atoms with Crippen LogP contribution >= 0.6 is 11.8 Å². The van der Waals surface area contributed by atoms with Gasteiger partial charge in [-0.25, -0.2) is 0 Å². The van der Waals surface area contributed by atoms with Crippen LogP contribution in [-0.4, -0.2) is 21.2 Å². The number of hydrogen-bond donors (Lipinski definition) is 1. The Labute approximate surface area is 130 Å². The number of carbonyl (C=O) groups excluding carboxylic acids is 1. The van der Waals surface area contributed by atoms with Crippen molar-refractivity contribution in [3.8, 4) is 0 Å². The maximum atomic E-state index is 11.3. The second kappa shape index (κ2) is 6.07. The van der Waals surface area contributed by atoms with Crippen LogP contribution in [0.4, 0.5) is 0 Å². The van der Waals surface area contributed by atoms with E-state index >= 15 is 0 Å². The summed E-state index contributed by atoms with van der Waals surface area (Å²) in [6.07, 6.45) is 3.88. The summed E-state index contributed by atoms with van der Waals surface area (Å²) >= 11 is 0.885. The van der Waals surface area contributed by atoms with Crippen LogP contribution in [0.5, 0.6) is 0 Å². The third-order valence-corrected chi connectivity index (χ3v) is 3.90. The molecule has 22 heavy (non-hydrogen) atoms. The molecule has 0 aliphatic heterocycles. The van der Waals surface area contributed by atoms with Crippen LogP contribution in [0, 0.1) is 0 Å². The fraction of sp³-hybridized carbons (Fsp3) is 0.133. The van der Waals surface area contributed by atoms with E-state index in [-0.39, 0.29) is 10.1 Å². The number of aromatic amines is 1. The summed E-state index contributed by atoms with van der Waals surface area (Å²) in [5, 5.41) is 20.1. The number of aryl methyl sites for hydroxylation is 1. The van der Waals surface area contributed by atoms with Gasteiger partial charge >= 0.3 is 0 Å². The molecule has 0 spiro atoms. The zero-order valence-corrected chi connectivity index (χ0v) is 12.5. The summed E-state index contributed by atoms with van der Waals surface area (Å²) in [6.45, 7) is 1.88. The normalized spacial score (nSPS) is 12.0. The number of fused-ring (bicyclic) bond motifs is 1. The summed E-state index contributed by atoms with van der Waals surface area (Å²) in [5.74, 6) is -0.821. The van der Waals surface area contributed by atoms with E-state index in [1.165, 1.54) is 6.08 Å². The fourth-order valence-corrected chi connectivity index (χ4v) is 2.68. The molecule has 0 fully saturated rings. The number of para-hydroxylation sites is 1. The molecule has 0 aliphatic rings. The molecule has 3 rings (SSSR count). The number of carbonyl (C=O) groups is 1. The molecule has 0 saturated heterocycles. The topological polar surface area (TPSA) is 94.8 Å². The Morgan fingerprint density at radius 1 is 1.41 bits per heavy atom. The number of aliphatic carboxylic acids is 1.